The van der Waals surface area contributed by atoms with Gasteiger partial charge in [-0.1, -0.05) is 18.6 Å². The number of fused-ring (bicyclic) bond motifs is 2. The third-order valence-electron chi connectivity index (χ3n) is 5.88. The van der Waals surface area contributed by atoms with E-state index in [9.17, 15) is 14.7 Å². The van der Waals surface area contributed by atoms with Crippen LogP contribution in [0.2, 0.25) is 0 Å². The molecular formula is C17H24NO3-. The van der Waals surface area contributed by atoms with Crippen LogP contribution < -0.4 is 10.4 Å². The van der Waals surface area contributed by atoms with Gasteiger partial charge in [-0.15, -0.1) is 0 Å². The zero-order valence-electron chi connectivity index (χ0n) is 12.6. The SMILES string of the molecule is CC(NC(=O)C1CC=CCC1C(=O)[O-])C1CC2CCC1C2. The second-order valence-corrected chi connectivity index (χ2v) is 7.11. The topological polar surface area (TPSA) is 69.2 Å². The van der Waals surface area contributed by atoms with Crippen LogP contribution in [-0.4, -0.2) is 17.9 Å². The molecule has 2 fully saturated rings. The summed E-state index contributed by atoms with van der Waals surface area (Å²) in [5.41, 5.74) is 0. The zero-order valence-corrected chi connectivity index (χ0v) is 12.6. The van der Waals surface area contributed by atoms with Crippen LogP contribution in [0.4, 0.5) is 0 Å². The molecule has 0 heterocycles. The molecule has 6 unspecified atom stereocenters. The number of nitrogens with one attached hydrogen (secondary N) is 1. The summed E-state index contributed by atoms with van der Waals surface area (Å²) in [5, 5.41) is 14.3. The molecule has 3 rings (SSSR count). The van der Waals surface area contributed by atoms with E-state index in [1.165, 1.54) is 25.7 Å². The molecule has 6 atom stereocenters. The number of hydrogen-bond donors (Lipinski definition) is 1. The lowest BCUT2D eigenvalue weighted by Gasteiger charge is -2.33. The van der Waals surface area contributed by atoms with Crippen molar-refractivity contribution in [2.75, 3.05) is 0 Å². The molecule has 0 saturated heterocycles. The molecule has 0 aliphatic heterocycles. The smallest absolute Gasteiger partial charge is 0.224 e. The van der Waals surface area contributed by atoms with Crippen molar-refractivity contribution in [2.45, 2.75) is 51.5 Å². The molecule has 116 valence electrons. The fraction of sp³-hybridized carbons (Fsp3) is 0.765. The summed E-state index contributed by atoms with van der Waals surface area (Å²) >= 11 is 0. The highest BCUT2D eigenvalue weighted by Gasteiger charge is 2.42. The summed E-state index contributed by atoms with van der Waals surface area (Å²) in [7, 11) is 0. The second kappa shape index (κ2) is 5.82. The first-order chi connectivity index (χ1) is 10.1. The molecule has 0 aromatic heterocycles. The Balaban J connectivity index is 1.60. The lowest BCUT2D eigenvalue weighted by atomic mass is 9.81. The largest absolute Gasteiger partial charge is 0.550 e. The molecule has 3 aliphatic rings. The highest BCUT2D eigenvalue weighted by molar-refractivity contribution is 5.84. The molecule has 4 heteroatoms. The Morgan fingerprint density at radius 3 is 2.43 bits per heavy atom. The molecule has 0 aromatic rings. The summed E-state index contributed by atoms with van der Waals surface area (Å²) in [6.07, 6.45) is 9.84. The van der Waals surface area contributed by atoms with Gasteiger partial charge in [-0.05, 0) is 56.8 Å². The highest BCUT2D eigenvalue weighted by atomic mass is 16.4. The quantitative estimate of drug-likeness (QED) is 0.792. The Bertz CT molecular complexity index is 459. The predicted octanol–water partition coefficient (Wildman–Crippen LogP) is 1.26. The Morgan fingerprint density at radius 2 is 1.86 bits per heavy atom. The van der Waals surface area contributed by atoms with Gasteiger partial charge in [0.2, 0.25) is 5.91 Å². The molecule has 3 aliphatic carbocycles. The summed E-state index contributed by atoms with van der Waals surface area (Å²) in [6.45, 7) is 2.08. The van der Waals surface area contributed by atoms with Crippen LogP contribution in [0.5, 0.6) is 0 Å². The van der Waals surface area contributed by atoms with Gasteiger partial charge in [0.15, 0.2) is 0 Å². The number of carbonyl (C=O) groups is 2. The van der Waals surface area contributed by atoms with Crippen molar-refractivity contribution in [3.05, 3.63) is 12.2 Å². The van der Waals surface area contributed by atoms with Gasteiger partial charge >= 0.3 is 0 Å². The van der Waals surface area contributed by atoms with E-state index in [0.717, 1.165) is 11.8 Å². The second-order valence-electron chi connectivity index (χ2n) is 7.11. The molecule has 0 radical (unpaired) electrons. The summed E-state index contributed by atoms with van der Waals surface area (Å²) in [6, 6.07) is 0.154. The van der Waals surface area contributed by atoms with E-state index < -0.39 is 17.8 Å². The predicted molar refractivity (Wildman–Crippen MR) is 76.9 cm³/mol. The molecular weight excluding hydrogens is 266 g/mol. The van der Waals surface area contributed by atoms with E-state index in [-0.39, 0.29) is 11.9 Å². The van der Waals surface area contributed by atoms with Crippen molar-refractivity contribution in [1.29, 1.82) is 0 Å². The molecule has 21 heavy (non-hydrogen) atoms. The van der Waals surface area contributed by atoms with Crippen LogP contribution in [0, 0.1) is 29.6 Å². The van der Waals surface area contributed by atoms with Gasteiger partial charge in [-0.3, -0.25) is 4.79 Å². The molecule has 0 spiro atoms. The van der Waals surface area contributed by atoms with Gasteiger partial charge in [0.25, 0.3) is 0 Å². The molecule has 4 nitrogen and oxygen atoms in total. The van der Waals surface area contributed by atoms with Crippen LogP contribution in [-0.2, 0) is 9.59 Å². The number of hydrogen-bond acceptors (Lipinski definition) is 3. The van der Waals surface area contributed by atoms with E-state index >= 15 is 0 Å². The number of carboxylic acid groups (broad SMARTS) is 1. The lowest BCUT2D eigenvalue weighted by Crippen LogP contribution is -2.48. The average Bonchev–Trinajstić information content (AvgIpc) is 3.09. The normalized spacial score (nSPS) is 39.2. The van der Waals surface area contributed by atoms with E-state index in [4.69, 9.17) is 0 Å². The van der Waals surface area contributed by atoms with Crippen molar-refractivity contribution in [3.63, 3.8) is 0 Å². The first kappa shape index (κ1) is 14.6. The maximum atomic E-state index is 12.5. The molecule has 2 saturated carbocycles. The molecule has 1 N–H and O–H groups in total. The monoisotopic (exact) mass is 290 g/mol. The first-order valence-electron chi connectivity index (χ1n) is 8.22. The van der Waals surface area contributed by atoms with E-state index in [1.807, 2.05) is 12.2 Å². The average molecular weight is 290 g/mol. The minimum absolute atomic E-state index is 0.108. The maximum Gasteiger partial charge on any atom is 0.224 e. The summed E-state index contributed by atoms with van der Waals surface area (Å²) < 4.78 is 0. The Hall–Kier alpha value is -1.32. The Labute approximate surface area is 126 Å². The first-order valence-corrected chi connectivity index (χ1v) is 8.22. The highest BCUT2D eigenvalue weighted by Crippen LogP contribution is 2.49. The van der Waals surface area contributed by atoms with E-state index in [2.05, 4.69) is 12.2 Å². The van der Waals surface area contributed by atoms with Crippen molar-refractivity contribution in [1.82, 2.24) is 5.32 Å². The number of carbonyl (C=O) groups excluding carboxylic acids is 2. The van der Waals surface area contributed by atoms with E-state index in [0.29, 0.717) is 18.8 Å². The van der Waals surface area contributed by atoms with Gasteiger partial charge in [-0.25, -0.2) is 0 Å². The van der Waals surface area contributed by atoms with Gasteiger partial charge in [-0.2, -0.15) is 0 Å². The van der Waals surface area contributed by atoms with Crippen LogP contribution in [0.1, 0.15) is 45.4 Å². The van der Waals surface area contributed by atoms with Crippen LogP contribution in [0.15, 0.2) is 12.2 Å². The fourth-order valence-corrected chi connectivity index (χ4v) is 4.71. The third kappa shape index (κ3) is 2.85. The molecule has 1 amide bonds. The number of rotatable bonds is 4. The lowest BCUT2D eigenvalue weighted by molar-refractivity contribution is -0.313. The van der Waals surface area contributed by atoms with Gasteiger partial charge in [0.1, 0.15) is 0 Å². The zero-order chi connectivity index (χ0) is 15.0. The van der Waals surface area contributed by atoms with Crippen molar-refractivity contribution in [2.24, 2.45) is 29.6 Å². The number of aliphatic carboxylic acids is 1. The van der Waals surface area contributed by atoms with Crippen LogP contribution in [0.3, 0.4) is 0 Å². The van der Waals surface area contributed by atoms with Crippen molar-refractivity contribution >= 4 is 11.9 Å². The fourth-order valence-electron chi connectivity index (χ4n) is 4.71. The minimum Gasteiger partial charge on any atom is -0.550 e. The van der Waals surface area contributed by atoms with Crippen LogP contribution in [0.25, 0.3) is 0 Å². The summed E-state index contributed by atoms with van der Waals surface area (Å²) in [5.74, 6) is -0.172. The molecule has 2 bridgehead atoms. The Kier molecular flexibility index (Phi) is 4.05. The van der Waals surface area contributed by atoms with Crippen molar-refractivity contribution < 1.29 is 14.7 Å². The van der Waals surface area contributed by atoms with Gasteiger partial charge < -0.3 is 15.2 Å². The number of carboxylic acids is 1. The van der Waals surface area contributed by atoms with E-state index in [1.54, 1.807) is 0 Å². The van der Waals surface area contributed by atoms with Crippen LogP contribution >= 0.6 is 0 Å². The Morgan fingerprint density at radius 1 is 1.14 bits per heavy atom. The number of amides is 1. The third-order valence-corrected chi connectivity index (χ3v) is 5.88. The summed E-state index contributed by atoms with van der Waals surface area (Å²) in [4.78, 5) is 23.6. The van der Waals surface area contributed by atoms with Gasteiger partial charge in [0.05, 0.1) is 0 Å². The number of allylic oxidation sites excluding steroid dienone is 2. The standard InChI is InChI=1S/C17H25NO3/c1-10(15-9-11-6-7-12(15)8-11)18-16(19)13-4-2-3-5-14(13)17(20)21/h2-3,10-15H,4-9H2,1H3,(H,18,19)(H,20,21)/p-1. The molecule has 0 aromatic carbocycles. The maximum absolute atomic E-state index is 12.5. The minimum atomic E-state index is -1.10. The van der Waals surface area contributed by atoms with Gasteiger partial charge in [0, 0.05) is 23.8 Å². The van der Waals surface area contributed by atoms with Crippen molar-refractivity contribution in [3.8, 4) is 0 Å².